The predicted molar refractivity (Wildman–Crippen MR) is 106 cm³/mol. The molecule has 0 spiro atoms. The molecule has 0 radical (unpaired) electrons. The summed E-state index contributed by atoms with van der Waals surface area (Å²) in [6.07, 6.45) is 2.72. The Morgan fingerprint density at radius 2 is 2.15 bits per heavy atom. The lowest BCUT2D eigenvalue weighted by Gasteiger charge is -2.10. The van der Waals surface area contributed by atoms with E-state index in [1.165, 1.54) is 10.9 Å². The number of benzene rings is 1. The summed E-state index contributed by atoms with van der Waals surface area (Å²) in [6.45, 7) is 8.20. The van der Waals surface area contributed by atoms with Crippen molar-refractivity contribution in [2.45, 2.75) is 33.7 Å². The minimum Gasteiger partial charge on any atom is -0.361 e. The smallest absolute Gasteiger partial charge is 0.191 e. The molecule has 0 saturated heterocycles. The fourth-order valence-electron chi connectivity index (χ4n) is 2.77. The van der Waals surface area contributed by atoms with Crippen LogP contribution in [0, 0.1) is 19.7 Å². The molecule has 7 heteroatoms. The number of aryl methyl sites for hydroxylation is 2. The highest BCUT2D eigenvalue weighted by Crippen LogP contribution is 2.19. The number of fused-ring (bicyclic) bond motifs is 1. The largest absolute Gasteiger partial charge is 0.361 e. The molecule has 0 fully saturated rings. The van der Waals surface area contributed by atoms with Crippen molar-refractivity contribution in [3.05, 3.63) is 51.4 Å². The highest BCUT2D eigenvalue weighted by Gasteiger charge is 2.06. The van der Waals surface area contributed by atoms with E-state index in [9.17, 15) is 4.39 Å². The Bertz CT molecular complexity index is 892. The summed E-state index contributed by atoms with van der Waals surface area (Å²) in [5.74, 6) is 0.555. The lowest BCUT2D eigenvalue weighted by atomic mass is 10.1. The van der Waals surface area contributed by atoms with Crippen molar-refractivity contribution < 1.29 is 4.39 Å². The first-order chi connectivity index (χ1) is 12.6. The monoisotopic (exact) mass is 373 g/mol. The Morgan fingerprint density at radius 3 is 2.88 bits per heavy atom. The van der Waals surface area contributed by atoms with Crippen molar-refractivity contribution in [2.24, 2.45) is 4.99 Å². The number of guanidine groups is 1. The van der Waals surface area contributed by atoms with Gasteiger partial charge in [0.2, 0.25) is 0 Å². The molecule has 0 bridgehead atoms. The SMILES string of the molecule is CCNC(=NCc1nc(C)c(C)s1)NCCc1c[nH]c2ccc(F)cc12. The van der Waals surface area contributed by atoms with Gasteiger partial charge < -0.3 is 15.6 Å². The van der Waals surface area contributed by atoms with Crippen LogP contribution in [0.4, 0.5) is 4.39 Å². The van der Waals surface area contributed by atoms with Crippen LogP contribution in [-0.2, 0) is 13.0 Å². The zero-order chi connectivity index (χ0) is 18.5. The van der Waals surface area contributed by atoms with Gasteiger partial charge in [-0.25, -0.2) is 14.4 Å². The summed E-state index contributed by atoms with van der Waals surface area (Å²) in [6, 6.07) is 4.82. The number of aliphatic imine (C=N–C) groups is 1. The number of hydrogen-bond donors (Lipinski definition) is 3. The molecule has 3 aromatic rings. The summed E-state index contributed by atoms with van der Waals surface area (Å²) in [5, 5.41) is 8.54. The van der Waals surface area contributed by atoms with E-state index in [2.05, 4.69) is 32.5 Å². The Labute approximate surface area is 156 Å². The molecule has 0 aliphatic heterocycles. The van der Waals surface area contributed by atoms with Crippen molar-refractivity contribution in [3.8, 4) is 0 Å². The van der Waals surface area contributed by atoms with Gasteiger partial charge in [-0.1, -0.05) is 0 Å². The molecule has 2 aromatic heterocycles. The van der Waals surface area contributed by atoms with Crippen molar-refractivity contribution in [2.75, 3.05) is 13.1 Å². The first-order valence-corrected chi connectivity index (χ1v) is 9.59. The van der Waals surface area contributed by atoms with E-state index in [0.29, 0.717) is 13.1 Å². The van der Waals surface area contributed by atoms with Crippen LogP contribution in [0.5, 0.6) is 0 Å². The molecule has 0 aliphatic carbocycles. The average Bonchev–Trinajstić information content (AvgIpc) is 3.15. The first-order valence-electron chi connectivity index (χ1n) is 8.77. The van der Waals surface area contributed by atoms with Gasteiger partial charge in [0, 0.05) is 35.1 Å². The maximum absolute atomic E-state index is 13.5. The Kier molecular flexibility index (Phi) is 5.88. The summed E-state index contributed by atoms with van der Waals surface area (Å²) < 4.78 is 13.5. The second-order valence-corrected chi connectivity index (χ2v) is 7.41. The van der Waals surface area contributed by atoms with Gasteiger partial charge >= 0.3 is 0 Å². The minimum absolute atomic E-state index is 0.213. The van der Waals surface area contributed by atoms with E-state index in [0.717, 1.165) is 46.1 Å². The molecule has 138 valence electrons. The van der Waals surface area contributed by atoms with Gasteiger partial charge in [-0.3, -0.25) is 0 Å². The Morgan fingerprint density at radius 1 is 1.31 bits per heavy atom. The molecule has 0 amide bonds. The van der Waals surface area contributed by atoms with Crippen LogP contribution in [0.3, 0.4) is 0 Å². The number of H-pyrrole nitrogens is 1. The topological polar surface area (TPSA) is 65.1 Å². The van der Waals surface area contributed by atoms with E-state index in [1.54, 1.807) is 23.5 Å². The summed E-state index contributed by atoms with van der Waals surface area (Å²) in [4.78, 5) is 13.6. The van der Waals surface area contributed by atoms with Gasteiger partial charge in [0.25, 0.3) is 0 Å². The van der Waals surface area contributed by atoms with Crippen molar-refractivity contribution >= 4 is 28.2 Å². The zero-order valence-electron chi connectivity index (χ0n) is 15.3. The number of nitrogens with one attached hydrogen (secondary N) is 3. The fraction of sp³-hybridized carbons (Fsp3) is 0.368. The van der Waals surface area contributed by atoms with Crippen molar-refractivity contribution in [1.29, 1.82) is 0 Å². The normalized spacial score (nSPS) is 11.9. The molecule has 5 nitrogen and oxygen atoms in total. The fourth-order valence-corrected chi connectivity index (χ4v) is 3.63. The van der Waals surface area contributed by atoms with Gasteiger partial charge in [-0.2, -0.15) is 0 Å². The van der Waals surface area contributed by atoms with Gasteiger partial charge in [-0.05, 0) is 51.0 Å². The van der Waals surface area contributed by atoms with E-state index in [4.69, 9.17) is 0 Å². The third kappa shape index (κ3) is 4.40. The number of rotatable bonds is 6. The van der Waals surface area contributed by atoms with E-state index < -0.39 is 0 Å². The van der Waals surface area contributed by atoms with Gasteiger partial charge in [0.15, 0.2) is 5.96 Å². The molecule has 0 unspecified atom stereocenters. The number of nitrogens with zero attached hydrogens (tertiary/aromatic N) is 2. The molecule has 26 heavy (non-hydrogen) atoms. The van der Waals surface area contributed by atoms with Crippen molar-refractivity contribution in [1.82, 2.24) is 20.6 Å². The summed E-state index contributed by atoms with van der Waals surface area (Å²) >= 11 is 1.69. The van der Waals surface area contributed by atoms with Crippen LogP contribution in [0.1, 0.15) is 28.1 Å². The van der Waals surface area contributed by atoms with Crippen molar-refractivity contribution in [3.63, 3.8) is 0 Å². The quantitative estimate of drug-likeness (QED) is 0.456. The number of halogens is 1. The number of aromatic amines is 1. The molecule has 3 N–H and O–H groups in total. The predicted octanol–water partition coefficient (Wildman–Crippen LogP) is 3.68. The zero-order valence-corrected chi connectivity index (χ0v) is 16.1. The number of thiazole rings is 1. The standard InChI is InChI=1S/C19H24FN5S/c1-4-21-19(24-11-18-25-12(2)13(3)26-18)22-8-7-14-10-23-17-6-5-15(20)9-16(14)17/h5-6,9-10,23H,4,7-8,11H2,1-3H3,(H2,21,22,24). The molecular formula is C19H24FN5S. The molecule has 1 aromatic carbocycles. The average molecular weight is 374 g/mol. The maximum Gasteiger partial charge on any atom is 0.191 e. The number of aromatic nitrogens is 2. The molecule has 0 aliphatic rings. The third-order valence-corrected chi connectivity index (χ3v) is 5.26. The van der Waals surface area contributed by atoms with Crippen LogP contribution in [0.25, 0.3) is 10.9 Å². The second-order valence-electron chi connectivity index (χ2n) is 6.12. The molecule has 2 heterocycles. The van der Waals surface area contributed by atoms with Crippen LogP contribution < -0.4 is 10.6 Å². The number of hydrogen-bond acceptors (Lipinski definition) is 3. The van der Waals surface area contributed by atoms with E-state index in [1.807, 2.05) is 20.0 Å². The highest BCUT2D eigenvalue weighted by atomic mass is 32.1. The van der Waals surface area contributed by atoms with Crippen LogP contribution in [0.15, 0.2) is 29.4 Å². The first kappa shape index (κ1) is 18.4. The third-order valence-electron chi connectivity index (χ3n) is 4.21. The van der Waals surface area contributed by atoms with Gasteiger partial charge in [0.1, 0.15) is 10.8 Å². The van der Waals surface area contributed by atoms with Gasteiger partial charge in [0.05, 0.1) is 12.2 Å². The molecule has 3 rings (SSSR count). The molecular weight excluding hydrogens is 349 g/mol. The summed E-state index contributed by atoms with van der Waals surface area (Å²) in [5.41, 5.74) is 3.12. The Hall–Kier alpha value is -2.41. The second kappa shape index (κ2) is 8.31. The molecule has 0 atom stereocenters. The van der Waals surface area contributed by atoms with Crippen LogP contribution in [-0.4, -0.2) is 29.0 Å². The van der Waals surface area contributed by atoms with E-state index in [-0.39, 0.29) is 5.82 Å². The maximum atomic E-state index is 13.5. The minimum atomic E-state index is -0.213. The van der Waals surface area contributed by atoms with Gasteiger partial charge in [-0.15, -0.1) is 11.3 Å². The highest BCUT2D eigenvalue weighted by molar-refractivity contribution is 7.11. The molecule has 0 saturated carbocycles. The lowest BCUT2D eigenvalue weighted by molar-refractivity contribution is 0.629. The van der Waals surface area contributed by atoms with Crippen LogP contribution in [0.2, 0.25) is 0 Å². The lowest BCUT2D eigenvalue weighted by Crippen LogP contribution is -2.38. The Balaban J connectivity index is 1.61. The van der Waals surface area contributed by atoms with Crippen LogP contribution >= 0.6 is 11.3 Å². The van der Waals surface area contributed by atoms with E-state index >= 15 is 0 Å². The summed E-state index contributed by atoms with van der Waals surface area (Å²) in [7, 11) is 0.